The van der Waals surface area contributed by atoms with Crippen LogP contribution in [0.1, 0.15) is 43.2 Å². The lowest BCUT2D eigenvalue weighted by Gasteiger charge is -2.42. The SMILES string of the molecule is CNC1c2ccccc2C(C)SC1(C)C. The van der Waals surface area contributed by atoms with Gasteiger partial charge in [-0.25, -0.2) is 0 Å². The quantitative estimate of drug-likeness (QED) is 0.778. The Bertz CT molecular complexity index is 359. The summed E-state index contributed by atoms with van der Waals surface area (Å²) in [6, 6.07) is 9.25. The van der Waals surface area contributed by atoms with Crippen molar-refractivity contribution in [1.82, 2.24) is 5.32 Å². The van der Waals surface area contributed by atoms with Crippen LogP contribution in [-0.4, -0.2) is 11.8 Å². The van der Waals surface area contributed by atoms with E-state index in [1.807, 2.05) is 0 Å². The summed E-state index contributed by atoms with van der Waals surface area (Å²) in [5.74, 6) is 0. The van der Waals surface area contributed by atoms with Crippen LogP contribution < -0.4 is 5.32 Å². The predicted octanol–water partition coefficient (Wildman–Crippen LogP) is 3.53. The van der Waals surface area contributed by atoms with Crippen LogP contribution in [0.5, 0.6) is 0 Å². The Labute approximate surface area is 96.7 Å². The highest BCUT2D eigenvalue weighted by Crippen LogP contribution is 2.51. The van der Waals surface area contributed by atoms with E-state index in [1.54, 1.807) is 0 Å². The molecule has 2 atom stereocenters. The lowest BCUT2D eigenvalue weighted by molar-refractivity contribution is 0.470. The minimum absolute atomic E-state index is 0.266. The van der Waals surface area contributed by atoms with Gasteiger partial charge in [-0.05, 0) is 38.9 Å². The summed E-state index contributed by atoms with van der Waals surface area (Å²) in [6.45, 7) is 6.95. The van der Waals surface area contributed by atoms with Crippen molar-refractivity contribution in [3.05, 3.63) is 35.4 Å². The third-order valence-corrected chi connectivity index (χ3v) is 4.66. The summed E-state index contributed by atoms with van der Waals surface area (Å²) in [5.41, 5.74) is 2.96. The predicted molar refractivity (Wildman–Crippen MR) is 68.3 cm³/mol. The van der Waals surface area contributed by atoms with Crippen molar-refractivity contribution < 1.29 is 0 Å². The maximum absolute atomic E-state index is 3.45. The van der Waals surface area contributed by atoms with E-state index < -0.39 is 0 Å². The van der Waals surface area contributed by atoms with E-state index in [1.165, 1.54) is 11.1 Å². The summed E-state index contributed by atoms with van der Waals surface area (Å²) in [7, 11) is 2.06. The molecular formula is C13H19NS. The van der Waals surface area contributed by atoms with Crippen LogP contribution in [0, 0.1) is 0 Å². The molecule has 0 saturated heterocycles. The van der Waals surface area contributed by atoms with E-state index in [2.05, 4.69) is 69.2 Å². The second-order valence-electron chi connectivity index (χ2n) is 4.71. The lowest BCUT2D eigenvalue weighted by Crippen LogP contribution is -2.38. The number of benzene rings is 1. The highest BCUT2D eigenvalue weighted by Gasteiger charge is 2.38. The Kier molecular flexibility index (Phi) is 2.82. The summed E-state index contributed by atoms with van der Waals surface area (Å²) in [6.07, 6.45) is 0. The largest absolute Gasteiger partial charge is 0.312 e. The van der Waals surface area contributed by atoms with E-state index in [0.29, 0.717) is 11.3 Å². The van der Waals surface area contributed by atoms with Crippen LogP contribution in [0.4, 0.5) is 0 Å². The molecule has 1 N–H and O–H groups in total. The average molecular weight is 221 g/mol. The van der Waals surface area contributed by atoms with Crippen molar-refractivity contribution in [2.24, 2.45) is 0 Å². The maximum Gasteiger partial charge on any atom is 0.0464 e. The standard InChI is InChI=1S/C13H19NS/c1-9-10-7-5-6-8-11(10)12(14-4)13(2,3)15-9/h5-9,12,14H,1-4H3. The summed E-state index contributed by atoms with van der Waals surface area (Å²) < 4.78 is 0.266. The third-order valence-electron chi connectivity index (χ3n) is 3.21. The van der Waals surface area contributed by atoms with Crippen molar-refractivity contribution >= 4 is 11.8 Å². The van der Waals surface area contributed by atoms with Crippen molar-refractivity contribution in [3.63, 3.8) is 0 Å². The Morgan fingerprint density at radius 3 is 2.40 bits per heavy atom. The first-order valence-electron chi connectivity index (χ1n) is 5.50. The van der Waals surface area contributed by atoms with Crippen LogP contribution in [-0.2, 0) is 0 Å². The zero-order valence-electron chi connectivity index (χ0n) is 9.87. The molecule has 0 spiro atoms. The van der Waals surface area contributed by atoms with E-state index in [-0.39, 0.29) is 4.75 Å². The van der Waals surface area contributed by atoms with Crippen molar-refractivity contribution in [1.29, 1.82) is 0 Å². The van der Waals surface area contributed by atoms with Gasteiger partial charge in [0.2, 0.25) is 0 Å². The number of rotatable bonds is 1. The molecule has 2 rings (SSSR count). The normalized spacial score (nSPS) is 28.5. The Balaban J connectivity index is 2.51. The zero-order chi connectivity index (χ0) is 11.1. The molecule has 1 aromatic rings. The summed E-state index contributed by atoms with van der Waals surface area (Å²) >= 11 is 2.06. The van der Waals surface area contributed by atoms with Gasteiger partial charge in [0.05, 0.1) is 0 Å². The molecule has 2 unspecified atom stereocenters. The molecule has 15 heavy (non-hydrogen) atoms. The van der Waals surface area contributed by atoms with Gasteiger partial charge in [-0.3, -0.25) is 0 Å². The molecule has 1 aliphatic heterocycles. The minimum Gasteiger partial charge on any atom is -0.312 e. The van der Waals surface area contributed by atoms with Crippen molar-refractivity contribution in [2.75, 3.05) is 7.05 Å². The van der Waals surface area contributed by atoms with E-state index in [0.717, 1.165) is 0 Å². The number of fused-ring (bicyclic) bond motifs is 1. The van der Waals surface area contributed by atoms with Gasteiger partial charge in [-0.2, -0.15) is 0 Å². The second-order valence-corrected chi connectivity index (χ2v) is 6.71. The van der Waals surface area contributed by atoms with Crippen molar-refractivity contribution in [2.45, 2.75) is 36.8 Å². The molecule has 0 fully saturated rings. The van der Waals surface area contributed by atoms with Gasteiger partial charge in [0.15, 0.2) is 0 Å². The monoisotopic (exact) mass is 221 g/mol. The Morgan fingerprint density at radius 2 is 1.80 bits per heavy atom. The highest BCUT2D eigenvalue weighted by atomic mass is 32.2. The van der Waals surface area contributed by atoms with Crippen LogP contribution in [0.15, 0.2) is 24.3 Å². The fraction of sp³-hybridized carbons (Fsp3) is 0.538. The van der Waals surface area contributed by atoms with Crippen LogP contribution in [0.25, 0.3) is 0 Å². The van der Waals surface area contributed by atoms with Gasteiger partial charge < -0.3 is 5.32 Å². The van der Waals surface area contributed by atoms with Crippen molar-refractivity contribution in [3.8, 4) is 0 Å². The Hall–Kier alpha value is -0.470. The van der Waals surface area contributed by atoms with Gasteiger partial charge in [0.1, 0.15) is 0 Å². The number of hydrogen-bond acceptors (Lipinski definition) is 2. The van der Waals surface area contributed by atoms with Gasteiger partial charge in [-0.1, -0.05) is 24.3 Å². The van der Waals surface area contributed by atoms with Crippen LogP contribution in [0.2, 0.25) is 0 Å². The fourth-order valence-corrected chi connectivity index (χ4v) is 4.24. The van der Waals surface area contributed by atoms with Crippen LogP contribution >= 0.6 is 11.8 Å². The molecule has 0 radical (unpaired) electrons. The third kappa shape index (κ3) is 1.81. The summed E-state index contributed by atoms with van der Waals surface area (Å²) in [4.78, 5) is 0. The number of thioether (sulfide) groups is 1. The average Bonchev–Trinajstić information content (AvgIpc) is 2.17. The van der Waals surface area contributed by atoms with Crippen LogP contribution in [0.3, 0.4) is 0 Å². The molecule has 1 aromatic carbocycles. The van der Waals surface area contributed by atoms with E-state index in [4.69, 9.17) is 0 Å². The molecule has 0 amide bonds. The number of nitrogens with one attached hydrogen (secondary N) is 1. The molecule has 0 bridgehead atoms. The number of hydrogen-bond donors (Lipinski definition) is 1. The van der Waals surface area contributed by atoms with E-state index in [9.17, 15) is 0 Å². The first-order valence-corrected chi connectivity index (χ1v) is 6.38. The molecule has 1 heterocycles. The molecule has 0 saturated carbocycles. The molecule has 1 aliphatic rings. The Morgan fingerprint density at radius 1 is 1.20 bits per heavy atom. The van der Waals surface area contributed by atoms with Gasteiger partial charge >= 0.3 is 0 Å². The van der Waals surface area contributed by atoms with Gasteiger partial charge in [-0.15, -0.1) is 11.8 Å². The van der Waals surface area contributed by atoms with E-state index >= 15 is 0 Å². The zero-order valence-corrected chi connectivity index (χ0v) is 10.7. The smallest absolute Gasteiger partial charge is 0.0464 e. The molecule has 1 nitrogen and oxygen atoms in total. The molecule has 82 valence electrons. The molecule has 2 heteroatoms. The molecular weight excluding hydrogens is 202 g/mol. The minimum atomic E-state index is 0.266. The first-order chi connectivity index (χ1) is 7.06. The molecule has 0 aromatic heterocycles. The topological polar surface area (TPSA) is 12.0 Å². The lowest BCUT2D eigenvalue weighted by atomic mass is 9.89. The van der Waals surface area contributed by atoms with Gasteiger partial charge in [0, 0.05) is 16.0 Å². The molecule has 0 aliphatic carbocycles. The highest BCUT2D eigenvalue weighted by molar-refractivity contribution is 8.00. The summed E-state index contributed by atoms with van der Waals surface area (Å²) in [5, 5.41) is 4.05. The van der Waals surface area contributed by atoms with Gasteiger partial charge in [0.25, 0.3) is 0 Å². The fourth-order valence-electron chi connectivity index (χ4n) is 2.61. The second kappa shape index (κ2) is 3.84. The maximum atomic E-state index is 3.45. The first kappa shape index (κ1) is 11.0.